The SMILES string of the molecule is CCNC(=NCc1ccc(N(C)C)cc1)NCC1(C)CCCO1.I. The molecule has 1 aliphatic rings. The van der Waals surface area contributed by atoms with Crippen molar-refractivity contribution in [1.29, 1.82) is 0 Å². The quantitative estimate of drug-likeness (QED) is 0.401. The number of halogens is 1. The van der Waals surface area contributed by atoms with Crippen LogP contribution < -0.4 is 15.5 Å². The zero-order chi connectivity index (χ0) is 16.7. The smallest absolute Gasteiger partial charge is 0.191 e. The molecule has 1 unspecified atom stereocenters. The van der Waals surface area contributed by atoms with Gasteiger partial charge in [-0.05, 0) is 44.4 Å². The van der Waals surface area contributed by atoms with Crippen LogP contribution >= 0.6 is 24.0 Å². The highest BCUT2D eigenvalue weighted by molar-refractivity contribution is 14.0. The summed E-state index contributed by atoms with van der Waals surface area (Å²) in [6, 6.07) is 8.50. The lowest BCUT2D eigenvalue weighted by Crippen LogP contribution is -2.45. The van der Waals surface area contributed by atoms with Crippen LogP contribution in [0.2, 0.25) is 0 Å². The summed E-state index contributed by atoms with van der Waals surface area (Å²) in [4.78, 5) is 6.77. The Hall–Kier alpha value is -1.02. The van der Waals surface area contributed by atoms with Crippen molar-refractivity contribution in [3.05, 3.63) is 29.8 Å². The van der Waals surface area contributed by atoms with Crippen molar-refractivity contribution in [2.75, 3.05) is 38.7 Å². The normalized spacial score (nSPS) is 20.4. The number of nitrogens with zero attached hydrogens (tertiary/aromatic N) is 2. The summed E-state index contributed by atoms with van der Waals surface area (Å²) in [7, 11) is 4.10. The Balaban J connectivity index is 0.00000288. The number of aliphatic imine (C=N–C) groups is 1. The molecular formula is C18H31IN4O. The number of ether oxygens (including phenoxy) is 1. The number of hydrogen-bond donors (Lipinski definition) is 2. The van der Waals surface area contributed by atoms with Gasteiger partial charge in [-0.15, -0.1) is 24.0 Å². The second-order valence-electron chi connectivity index (χ2n) is 6.51. The van der Waals surface area contributed by atoms with Gasteiger partial charge >= 0.3 is 0 Å². The van der Waals surface area contributed by atoms with Crippen LogP contribution in [0.4, 0.5) is 5.69 Å². The summed E-state index contributed by atoms with van der Waals surface area (Å²) in [5.74, 6) is 0.848. The van der Waals surface area contributed by atoms with Crippen molar-refractivity contribution in [3.63, 3.8) is 0 Å². The third kappa shape index (κ3) is 6.47. The fourth-order valence-corrected chi connectivity index (χ4v) is 2.66. The molecule has 1 aliphatic heterocycles. The molecule has 5 nitrogen and oxygen atoms in total. The average molecular weight is 446 g/mol. The zero-order valence-electron chi connectivity index (χ0n) is 15.3. The molecule has 0 amide bonds. The third-order valence-corrected chi connectivity index (χ3v) is 4.15. The first-order chi connectivity index (χ1) is 11.0. The minimum absolute atomic E-state index is 0. The number of hydrogen-bond acceptors (Lipinski definition) is 3. The summed E-state index contributed by atoms with van der Waals surface area (Å²) < 4.78 is 5.82. The van der Waals surface area contributed by atoms with Crippen molar-refractivity contribution in [3.8, 4) is 0 Å². The predicted molar refractivity (Wildman–Crippen MR) is 113 cm³/mol. The molecule has 0 aromatic heterocycles. The van der Waals surface area contributed by atoms with E-state index in [4.69, 9.17) is 4.74 Å². The maximum atomic E-state index is 5.82. The first-order valence-electron chi connectivity index (χ1n) is 8.45. The van der Waals surface area contributed by atoms with Gasteiger partial charge in [-0.2, -0.15) is 0 Å². The van der Waals surface area contributed by atoms with Gasteiger partial charge in [0.25, 0.3) is 0 Å². The van der Waals surface area contributed by atoms with E-state index in [0.717, 1.165) is 38.5 Å². The van der Waals surface area contributed by atoms with E-state index >= 15 is 0 Å². The second kappa shape index (κ2) is 10.1. The Kier molecular flexibility index (Phi) is 8.83. The summed E-state index contributed by atoms with van der Waals surface area (Å²) in [5.41, 5.74) is 2.34. The highest BCUT2D eigenvalue weighted by Crippen LogP contribution is 2.23. The largest absolute Gasteiger partial charge is 0.378 e. The molecule has 6 heteroatoms. The van der Waals surface area contributed by atoms with Crippen molar-refractivity contribution in [1.82, 2.24) is 10.6 Å². The lowest BCUT2D eigenvalue weighted by Gasteiger charge is -2.24. The Labute approximate surface area is 163 Å². The molecule has 1 saturated heterocycles. The molecule has 1 atom stereocenters. The maximum absolute atomic E-state index is 5.82. The van der Waals surface area contributed by atoms with Gasteiger partial charge in [-0.25, -0.2) is 4.99 Å². The van der Waals surface area contributed by atoms with Crippen LogP contribution in [0.15, 0.2) is 29.3 Å². The molecule has 0 aliphatic carbocycles. The first-order valence-corrected chi connectivity index (χ1v) is 8.45. The van der Waals surface area contributed by atoms with Crippen LogP contribution in [0.1, 0.15) is 32.3 Å². The Morgan fingerprint density at radius 2 is 1.96 bits per heavy atom. The van der Waals surface area contributed by atoms with Crippen LogP contribution in [0.5, 0.6) is 0 Å². The van der Waals surface area contributed by atoms with E-state index in [0.29, 0.717) is 6.54 Å². The van der Waals surface area contributed by atoms with Crippen LogP contribution in [0.3, 0.4) is 0 Å². The lowest BCUT2D eigenvalue weighted by atomic mass is 10.0. The third-order valence-electron chi connectivity index (χ3n) is 4.15. The van der Waals surface area contributed by atoms with Crippen LogP contribution in [-0.4, -0.2) is 45.4 Å². The van der Waals surface area contributed by atoms with E-state index in [1.165, 1.54) is 11.3 Å². The number of nitrogens with one attached hydrogen (secondary N) is 2. The molecule has 136 valence electrons. The van der Waals surface area contributed by atoms with Gasteiger partial charge in [0.05, 0.1) is 12.1 Å². The first kappa shape index (κ1) is 21.0. The Bertz CT molecular complexity index is 510. The van der Waals surface area contributed by atoms with Crippen molar-refractivity contribution < 1.29 is 4.74 Å². The summed E-state index contributed by atoms with van der Waals surface area (Å²) in [6.07, 6.45) is 2.25. The molecule has 24 heavy (non-hydrogen) atoms. The van der Waals surface area contributed by atoms with E-state index in [1.54, 1.807) is 0 Å². The van der Waals surface area contributed by atoms with Gasteiger partial charge in [0.15, 0.2) is 5.96 Å². The Morgan fingerprint density at radius 3 is 2.50 bits per heavy atom. The van der Waals surface area contributed by atoms with Crippen molar-refractivity contribution in [2.24, 2.45) is 4.99 Å². The molecule has 1 fully saturated rings. The molecule has 0 spiro atoms. The molecule has 0 saturated carbocycles. The molecule has 2 rings (SSSR count). The van der Waals surface area contributed by atoms with Crippen molar-refractivity contribution in [2.45, 2.75) is 38.8 Å². The van der Waals surface area contributed by atoms with Gasteiger partial charge in [0.1, 0.15) is 0 Å². The lowest BCUT2D eigenvalue weighted by molar-refractivity contribution is 0.0243. The molecular weight excluding hydrogens is 415 g/mol. The monoisotopic (exact) mass is 446 g/mol. The molecule has 1 aromatic carbocycles. The summed E-state index contributed by atoms with van der Waals surface area (Å²) in [5, 5.41) is 6.71. The number of anilines is 1. The van der Waals surface area contributed by atoms with E-state index in [1.807, 2.05) is 14.1 Å². The van der Waals surface area contributed by atoms with Crippen LogP contribution in [0, 0.1) is 0 Å². The topological polar surface area (TPSA) is 48.9 Å². The number of guanidine groups is 1. The maximum Gasteiger partial charge on any atom is 0.191 e. The molecule has 0 radical (unpaired) electrons. The standard InChI is InChI=1S/C18H30N4O.HI/c1-5-19-17(21-14-18(2)11-6-12-23-18)20-13-15-7-9-16(10-8-15)22(3)4;/h7-10H,5-6,11-14H2,1-4H3,(H2,19,20,21);1H. The summed E-state index contributed by atoms with van der Waals surface area (Å²) in [6.45, 7) is 7.42. The van der Waals surface area contributed by atoms with Gasteiger partial charge in [-0.3, -0.25) is 0 Å². The van der Waals surface area contributed by atoms with Gasteiger partial charge < -0.3 is 20.3 Å². The predicted octanol–water partition coefficient (Wildman–Crippen LogP) is 2.99. The number of benzene rings is 1. The Morgan fingerprint density at radius 1 is 1.25 bits per heavy atom. The van der Waals surface area contributed by atoms with Gasteiger partial charge in [0.2, 0.25) is 0 Å². The van der Waals surface area contributed by atoms with Crippen LogP contribution in [0.25, 0.3) is 0 Å². The fraction of sp³-hybridized carbons (Fsp3) is 0.611. The summed E-state index contributed by atoms with van der Waals surface area (Å²) >= 11 is 0. The van der Waals surface area contributed by atoms with E-state index in [2.05, 4.69) is 58.6 Å². The van der Waals surface area contributed by atoms with E-state index in [9.17, 15) is 0 Å². The number of rotatable bonds is 6. The molecule has 1 heterocycles. The molecule has 0 bridgehead atoms. The highest BCUT2D eigenvalue weighted by atomic mass is 127. The fourth-order valence-electron chi connectivity index (χ4n) is 2.66. The van der Waals surface area contributed by atoms with Gasteiger partial charge in [0, 0.05) is 39.5 Å². The molecule has 2 N–H and O–H groups in total. The molecule has 1 aromatic rings. The van der Waals surface area contributed by atoms with E-state index in [-0.39, 0.29) is 29.6 Å². The minimum atomic E-state index is -0.0659. The van der Waals surface area contributed by atoms with Crippen molar-refractivity contribution >= 4 is 35.6 Å². The second-order valence-corrected chi connectivity index (χ2v) is 6.51. The zero-order valence-corrected chi connectivity index (χ0v) is 17.6. The highest BCUT2D eigenvalue weighted by Gasteiger charge is 2.29. The minimum Gasteiger partial charge on any atom is -0.378 e. The average Bonchev–Trinajstić information content (AvgIpc) is 2.97. The van der Waals surface area contributed by atoms with Crippen LogP contribution in [-0.2, 0) is 11.3 Å². The van der Waals surface area contributed by atoms with E-state index < -0.39 is 0 Å². The van der Waals surface area contributed by atoms with Gasteiger partial charge in [-0.1, -0.05) is 12.1 Å².